The minimum atomic E-state index is -4.69. The molecule has 0 amide bonds. The van der Waals surface area contributed by atoms with Gasteiger partial charge in [0.1, 0.15) is 17.3 Å². The van der Waals surface area contributed by atoms with Crippen molar-refractivity contribution in [2.24, 2.45) is 0 Å². The molecular weight excluding hydrogens is 801 g/mol. The molecule has 4 heterocycles. The number of epoxide rings is 4. The zero-order valence-electron chi connectivity index (χ0n) is 38.7. The van der Waals surface area contributed by atoms with Crippen LogP contribution in [-0.2, 0) is 71.2 Å². The van der Waals surface area contributed by atoms with Gasteiger partial charge in [-0.15, -0.1) is 6.58 Å². The fourth-order valence-corrected chi connectivity index (χ4v) is 2.13. The van der Waals surface area contributed by atoms with Crippen molar-refractivity contribution < 1.29 is 84.4 Å². The second-order valence-corrected chi connectivity index (χ2v) is 12.4. The SMILES string of the molecule is C/C=C/OC.C=C(C(=O)OC)C(F)(F)F.C=C(C)C(=O)OC.C=CC(=O)OC.C=CCOC.C=COC.CC1CO1.CC1OC1(C)C.COCC1(C)CO1.COCC1CO1. The molecule has 0 aromatic heterocycles. The van der Waals surface area contributed by atoms with Crippen LogP contribution in [0.3, 0.4) is 0 Å². The highest BCUT2D eigenvalue weighted by Crippen LogP contribution is 2.34. The first-order chi connectivity index (χ1) is 27.8. The molecule has 60 heavy (non-hydrogen) atoms. The maximum Gasteiger partial charge on any atom is 0.422 e. The number of esters is 3. The first kappa shape index (κ1) is 67.7. The van der Waals surface area contributed by atoms with Crippen molar-refractivity contribution in [3.8, 4) is 0 Å². The first-order valence-electron chi connectivity index (χ1n) is 18.0. The summed E-state index contributed by atoms with van der Waals surface area (Å²) < 4.78 is 89.3. The third-order valence-corrected chi connectivity index (χ3v) is 6.14. The summed E-state index contributed by atoms with van der Waals surface area (Å²) in [6.45, 7) is 34.5. The molecule has 4 unspecified atom stereocenters. The Bertz CT molecular complexity index is 1160. The maximum absolute atomic E-state index is 11.5. The summed E-state index contributed by atoms with van der Waals surface area (Å²) in [5, 5.41) is 0. The van der Waals surface area contributed by atoms with Crippen LogP contribution in [0, 0.1) is 0 Å². The molecule has 4 saturated heterocycles. The third kappa shape index (κ3) is 60.6. The predicted octanol–water partition coefficient (Wildman–Crippen LogP) is 7.16. The van der Waals surface area contributed by atoms with E-state index in [0.29, 0.717) is 30.5 Å². The summed E-state index contributed by atoms with van der Waals surface area (Å²) in [6.07, 6.45) is 4.47. The smallest absolute Gasteiger partial charge is 0.422 e. The number of rotatable bonds is 11. The summed E-state index contributed by atoms with van der Waals surface area (Å²) in [4.78, 5) is 30.1. The molecule has 4 fully saturated rings. The second-order valence-electron chi connectivity index (χ2n) is 12.4. The van der Waals surface area contributed by atoms with Crippen molar-refractivity contribution in [1.29, 1.82) is 0 Å². The number of halogens is 3. The summed E-state index contributed by atoms with van der Waals surface area (Å²) in [5.41, 5.74) is -0.771. The molecule has 4 aliphatic rings. The van der Waals surface area contributed by atoms with Crippen LogP contribution >= 0.6 is 0 Å². The van der Waals surface area contributed by atoms with E-state index in [1.165, 1.54) is 20.5 Å². The fourth-order valence-electron chi connectivity index (χ4n) is 2.13. The summed E-state index contributed by atoms with van der Waals surface area (Å²) in [6, 6.07) is 0. The van der Waals surface area contributed by atoms with Gasteiger partial charge in [0.05, 0.1) is 106 Å². The van der Waals surface area contributed by atoms with E-state index in [0.717, 1.165) is 46.2 Å². The number of carbonyl (C=O) groups excluding carboxylic acids is 3. The highest BCUT2D eigenvalue weighted by Gasteiger charge is 2.43. The highest BCUT2D eigenvalue weighted by molar-refractivity contribution is 5.89. The Labute approximate surface area is 357 Å². The topological polar surface area (TPSA) is 175 Å². The maximum atomic E-state index is 11.5. The van der Waals surface area contributed by atoms with Crippen molar-refractivity contribution in [3.05, 3.63) is 74.8 Å². The molecule has 0 bridgehead atoms. The van der Waals surface area contributed by atoms with E-state index in [-0.39, 0.29) is 17.2 Å². The van der Waals surface area contributed by atoms with Crippen LogP contribution in [-0.4, -0.2) is 150 Å². The van der Waals surface area contributed by atoms with Gasteiger partial charge >= 0.3 is 24.1 Å². The largest absolute Gasteiger partial charge is 0.505 e. The second kappa shape index (κ2) is 43.1. The Kier molecular flexibility index (Phi) is 48.6. The number of hydrogen-bond donors (Lipinski definition) is 0. The zero-order chi connectivity index (χ0) is 48.4. The van der Waals surface area contributed by atoms with Gasteiger partial charge in [0.25, 0.3) is 0 Å². The molecular formula is C42H75F3O15. The number of carbonyl (C=O) groups is 3. The molecule has 0 aromatic rings. The van der Waals surface area contributed by atoms with E-state index < -0.39 is 23.7 Å². The molecule has 0 N–H and O–H groups in total. The molecule has 0 spiro atoms. The molecule has 15 nitrogen and oxygen atoms in total. The zero-order valence-corrected chi connectivity index (χ0v) is 38.7. The van der Waals surface area contributed by atoms with E-state index in [4.69, 9.17) is 28.4 Å². The van der Waals surface area contributed by atoms with Crippen molar-refractivity contribution >= 4 is 17.9 Å². The van der Waals surface area contributed by atoms with Gasteiger partial charge in [0, 0.05) is 33.0 Å². The normalized spacial score (nSPS) is 19.3. The van der Waals surface area contributed by atoms with Gasteiger partial charge in [-0.2, -0.15) is 13.2 Å². The average Bonchev–Trinajstić information content (AvgIpc) is 4.04. The molecule has 0 aliphatic carbocycles. The fraction of sp³-hybridized carbons (Fsp3) is 0.643. The summed E-state index contributed by atoms with van der Waals surface area (Å²) in [5.74, 6) is -2.19. The van der Waals surface area contributed by atoms with Crippen LogP contribution in [0.15, 0.2) is 74.8 Å². The molecule has 18 heteroatoms. The lowest BCUT2D eigenvalue weighted by molar-refractivity contribution is -0.148. The Hall–Kier alpha value is -4.04. The quantitative estimate of drug-likeness (QED) is 0.0510. The van der Waals surface area contributed by atoms with Crippen molar-refractivity contribution in [1.82, 2.24) is 0 Å². The van der Waals surface area contributed by atoms with Crippen LogP contribution in [0.25, 0.3) is 0 Å². The Morgan fingerprint density at radius 2 is 1.23 bits per heavy atom. The number of allylic oxidation sites excluding steroid dienone is 1. The highest BCUT2D eigenvalue weighted by atomic mass is 19.4. The number of hydrogen-bond acceptors (Lipinski definition) is 15. The lowest BCUT2D eigenvalue weighted by atomic mass is 10.2. The van der Waals surface area contributed by atoms with Crippen LogP contribution in [0.4, 0.5) is 13.2 Å². The molecule has 4 rings (SSSR count). The minimum Gasteiger partial charge on any atom is -0.505 e. The Morgan fingerprint density at radius 1 is 0.800 bits per heavy atom. The molecule has 0 aromatic carbocycles. The lowest BCUT2D eigenvalue weighted by Crippen LogP contribution is -2.19. The van der Waals surface area contributed by atoms with E-state index in [9.17, 15) is 27.6 Å². The minimum absolute atomic E-state index is 0.0781. The summed E-state index contributed by atoms with van der Waals surface area (Å²) >= 11 is 0. The van der Waals surface area contributed by atoms with Crippen LogP contribution in [0.2, 0.25) is 0 Å². The molecule has 4 aliphatic heterocycles. The van der Waals surface area contributed by atoms with E-state index in [1.807, 2.05) is 19.9 Å². The van der Waals surface area contributed by atoms with Crippen LogP contribution < -0.4 is 0 Å². The van der Waals surface area contributed by atoms with Gasteiger partial charge in [-0.05, 0) is 48.5 Å². The monoisotopic (exact) mass is 877 g/mol. The van der Waals surface area contributed by atoms with Crippen molar-refractivity contribution in [3.63, 3.8) is 0 Å². The number of alkyl halides is 3. The van der Waals surface area contributed by atoms with E-state index in [1.54, 1.807) is 54.8 Å². The molecule has 0 radical (unpaired) electrons. The van der Waals surface area contributed by atoms with Crippen molar-refractivity contribution in [2.75, 3.05) is 96.5 Å². The van der Waals surface area contributed by atoms with E-state index in [2.05, 4.69) is 89.0 Å². The molecule has 0 saturated carbocycles. The third-order valence-electron chi connectivity index (χ3n) is 6.14. The Morgan fingerprint density at radius 3 is 1.28 bits per heavy atom. The van der Waals surface area contributed by atoms with E-state index >= 15 is 0 Å². The average molecular weight is 877 g/mol. The standard InChI is InChI=1S/C5H5F3O2.C5H10O2.C5H8O2.C5H10O.C4H8O2.C4H6O2.2C4H8O.2C3H6O/c1-3(4(9)10-2)5(6,7)8;1-5(3-6-2)4-7-5;1-4(2)5(6)7-3;1-4-5(2,3)6-4;1-5-2-4-3-6-4;1-3-4(5)6-2;2*1-3-4-5-2;1-3-2-4-3;1-3-4-2/h1H2,2H3;3-4H2,1-2H3;1H2,2-3H3;4H,1-3H3;4H,2-3H2,1H3;3H,1H2,2H3;3-4H,1-2H3;3H,1,4H2,2H3;3H,2H2,1H3;3H,1H2,2H3/b;;;;;;4-3+;;;. The van der Waals surface area contributed by atoms with Gasteiger partial charge < -0.3 is 56.8 Å². The Balaban J connectivity index is -0.000000136. The lowest BCUT2D eigenvalue weighted by Gasteiger charge is -2.05. The summed E-state index contributed by atoms with van der Waals surface area (Å²) in [7, 11) is 11.7. The van der Waals surface area contributed by atoms with Gasteiger partial charge in [-0.25, -0.2) is 14.4 Å². The van der Waals surface area contributed by atoms with Gasteiger partial charge in [-0.1, -0.05) is 38.5 Å². The number of ether oxygens (including phenoxy) is 12. The van der Waals surface area contributed by atoms with Crippen LogP contribution in [0.5, 0.6) is 0 Å². The van der Waals surface area contributed by atoms with Crippen LogP contribution in [0.1, 0.15) is 48.5 Å². The van der Waals surface area contributed by atoms with Gasteiger partial charge in [0.2, 0.25) is 0 Å². The number of methoxy groups -OCH3 is 8. The van der Waals surface area contributed by atoms with Gasteiger partial charge in [-0.3, -0.25) is 0 Å². The predicted molar refractivity (Wildman–Crippen MR) is 225 cm³/mol. The van der Waals surface area contributed by atoms with Crippen molar-refractivity contribution in [2.45, 2.75) is 84.2 Å². The first-order valence-corrected chi connectivity index (χ1v) is 18.0. The molecule has 354 valence electrons. The van der Waals surface area contributed by atoms with Gasteiger partial charge in [0.15, 0.2) is 0 Å². The molecule has 4 atom stereocenters.